The lowest BCUT2D eigenvalue weighted by Gasteiger charge is -2.58. The summed E-state index contributed by atoms with van der Waals surface area (Å²) in [6, 6.07) is 5.75. The van der Waals surface area contributed by atoms with E-state index in [-0.39, 0.29) is 16.4 Å². The molecule has 4 aliphatic rings. The summed E-state index contributed by atoms with van der Waals surface area (Å²) in [5.41, 5.74) is -0.578. The van der Waals surface area contributed by atoms with E-state index in [0.29, 0.717) is 18.3 Å². The molecule has 0 amide bonds. The van der Waals surface area contributed by atoms with E-state index in [4.69, 9.17) is 16.3 Å². The van der Waals surface area contributed by atoms with E-state index in [9.17, 15) is 14.0 Å². The summed E-state index contributed by atoms with van der Waals surface area (Å²) >= 11 is 6.72. The van der Waals surface area contributed by atoms with Gasteiger partial charge in [-0.2, -0.15) is 0 Å². The molecule has 1 aromatic carbocycles. The molecule has 0 radical (unpaired) electrons. The van der Waals surface area contributed by atoms with Gasteiger partial charge in [0, 0.05) is 4.87 Å². The van der Waals surface area contributed by atoms with Crippen molar-refractivity contribution < 1.29 is 18.7 Å². The van der Waals surface area contributed by atoms with Gasteiger partial charge in [-0.3, -0.25) is 9.59 Å². The van der Waals surface area contributed by atoms with Crippen molar-refractivity contribution in [1.29, 1.82) is 0 Å². The quantitative estimate of drug-likeness (QED) is 0.466. The maximum absolute atomic E-state index is 13.6. The first-order valence-electron chi connectivity index (χ1n) is 8.53. The van der Waals surface area contributed by atoms with Crippen molar-refractivity contribution in [2.75, 3.05) is 6.61 Å². The summed E-state index contributed by atoms with van der Waals surface area (Å²) in [5.74, 6) is -0.455. The second-order valence-corrected chi connectivity index (χ2v) is 8.67. The number of alkyl halides is 1. The van der Waals surface area contributed by atoms with Gasteiger partial charge < -0.3 is 4.74 Å². The Hall–Kier alpha value is -1.42. The van der Waals surface area contributed by atoms with Crippen molar-refractivity contribution in [2.45, 2.75) is 43.4 Å². The third-order valence-corrected chi connectivity index (χ3v) is 6.37. The van der Waals surface area contributed by atoms with Crippen LogP contribution in [0.5, 0.6) is 0 Å². The maximum Gasteiger partial charge on any atom is 0.312 e. The van der Waals surface area contributed by atoms with Gasteiger partial charge in [-0.1, -0.05) is 12.1 Å². The summed E-state index contributed by atoms with van der Waals surface area (Å²) < 4.78 is 19.0. The average molecular weight is 351 g/mol. The molecule has 4 bridgehead atoms. The van der Waals surface area contributed by atoms with Gasteiger partial charge in [-0.05, 0) is 62.5 Å². The Kier molecular flexibility index (Phi) is 3.72. The van der Waals surface area contributed by atoms with E-state index in [1.807, 2.05) is 0 Å². The predicted octanol–water partition coefficient (Wildman–Crippen LogP) is 4.13. The Labute approximate surface area is 145 Å². The molecular formula is C19H20ClFO3. The highest BCUT2D eigenvalue weighted by Crippen LogP contribution is 2.64. The fraction of sp³-hybridized carbons (Fsp3) is 0.579. The van der Waals surface area contributed by atoms with E-state index in [0.717, 1.165) is 32.1 Å². The standard InChI is InChI=1S/C19H20ClFO3/c20-19-8-12-5-13(9-19)7-18(6-12,11-19)17(23)24-10-16(22)14-3-1-2-4-15(14)21/h1-4,12-13H,5-11H2/t12-,13+,18?,19?. The van der Waals surface area contributed by atoms with Crippen LogP contribution >= 0.6 is 11.6 Å². The van der Waals surface area contributed by atoms with E-state index < -0.39 is 23.6 Å². The number of carbonyl (C=O) groups excluding carboxylic acids is 2. The van der Waals surface area contributed by atoms with Crippen LogP contribution in [-0.4, -0.2) is 23.2 Å². The van der Waals surface area contributed by atoms with Crippen LogP contribution in [-0.2, 0) is 9.53 Å². The lowest BCUT2D eigenvalue weighted by atomic mass is 9.49. The first kappa shape index (κ1) is 16.1. The number of ether oxygens (including phenoxy) is 1. The van der Waals surface area contributed by atoms with E-state index >= 15 is 0 Å². The zero-order valence-electron chi connectivity index (χ0n) is 13.4. The largest absolute Gasteiger partial charge is 0.457 e. The molecule has 0 spiro atoms. The number of benzene rings is 1. The molecule has 5 rings (SSSR count). The number of esters is 1. The Morgan fingerprint density at radius 1 is 1.17 bits per heavy atom. The average Bonchev–Trinajstić information content (AvgIpc) is 2.50. The lowest BCUT2D eigenvalue weighted by Crippen LogP contribution is -2.56. The number of hydrogen-bond acceptors (Lipinski definition) is 3. The van der Waals surface area contributed by atoms with Crippen LogP contribution in [0.4, 0.5) is 4.39 Å². The van der Waals surface area contributed by atoms with Crippen LogP contribution in [0.25, 0.3) is 0 Å². The van der Waals surface area contributed by atoms with Crippen molar-refractivity contribution in [3.63, 3.8) is 0 Å². The van der Waals surface area contributed by atoms with Crippen molar-refractivity contribution in [2.24, 2.45) is 17.3 Å². The van der Waals surface area contributed by atoms with Crippen LogP contribution < -0.4 is 0 Å². The summed E-state index contributed by atoms with van der Waals surface area (Å²) in [5, 5.41) is 0. The minimum absolute atomic E-state index is 0.0374. The Bertz CT molecular complexity index is 688. The Morgan fingerprint density at radius 3 is 2.46 bits per heavy atom. The molecule has 4 saturated carbocycles. The summed E-state index contributed by atoms with van der Waals surface area (Å²) in [6.07, 6.45) is 5.37. The molecule has 0 heterocycles. The van der Waals surface area contributed by atoms with E-state index in [2.05, 4.69) is 0 Å². The smallest absolute Gasteiger partial charge is 0.312 e. The minimum atomic E-state index is -0.590. The van der Waals surface area contributed by atoms with Crippen LogP contribution in [0.15, 0.2) is 24.3 Å². The summed E-state index contributed by atoms with van der Waals surface area (Å²) in [7, 11) is 0. The SMILES string of the molecule is O=C(COC(=O)C12C[C@@H]3C[C@@H](CC(Cl)(C3)C1)C2)c1ccccc1F. The van der Waals surface area contributed by atoms with Crippen LogP contribution in [0.1, 0.15) is 48.9 Å². The van der Waals surface area contributed by atoms with Crippen LogP contribution in [0.3, 0.4) is 0 Å². The van der Waals surface area contributed by atoms with Gasteiger partial charge in [-0.15, -0.1) is 11.6 Å². The van der Waals surface area contributed by atoms with Gasteiger partial charge in [0.05, 0.1) is 11.0 Å². The van der Waals surface area contributed by atoms with Gasteiger partial charge in [0.25, 0.3) is 0 Å². The van der Waals surface area contributed by atoms with E-state index in [1.54, 1.807) is 6.07 Å². The molecule has 0 aliphatic heterocycles. The number of Topliss-reactive ketones (excluding diaryl/α,β-unsaturated/α-hetero) is 1. The number of ketones is 1. The molecule has 5 heteroatoms. The second kappa shape index (κ2) is 5.55. The van der Waals surface area contributed by atoms with Gasteiger partial charge in [0.2, 0.25) is 5.78 Å². The fourth-order valence-corrected chi connectivity index (χ4v) is 6.13. The molecule has 0 saturated heterocycles. The molecule has 1 aromatic rings. The zero-order valence-corrected chi connectivity index (χ0v) is 14.2. The molecule has 24 heavy (non-hydrogen) atoms. The molecule has 4 atom stereocenters. The molecule has 0 aromatic heterocycles. The highest BCUT2D eigenvalue weighted by atomic mass is 35.5. The Morgan fingerprint density at radius 2 is 1.83 bits per heavy atom. The van der Waals surface area contributed by atoms with Crippen molar-refractivity contribution >= 4 is 23.4 Å². The minimum Gasteiger partial charge on any atom is -0.457 e. The van der Waals surface area contributed by atoms with Gasteiger partial charge in [0.1, 0.15) is 5.82 Å². The van der Waals surface area contributed by atoms with E-state index in [1.165, 1.54) is 18.2 Å². The molecular weight excluding hydrogens is 331 g/mol. The normalized spacial score (nSPS) is 36.6. The topological polar surface area (TPSA) is 43.4 Å². The molecule has 2 unspecified atom stereocenters. The monoisotopic (exact) mass is 350 g/mol. The van der Waals surface area contributed by atoms with Crippen molar-refractivity contribution in [3.05, 3.63) is 35.6 Å². The summed E-state index contributed by atoms with van der Waals surface area (Å²) in [4.78, 5) is 24.6. The molecule has 4 aliphatic carbocycles. The highest BCUT2D eigenvalue weighted by molar-refractivity contribution is 6.24. The van der Waals surface area contributed by atoms with Gasteiger partial charge >= 0.3 is 5.97 Å². The fourth-order valence-electron chi connectivity index (χ4n) is 5.44. The first-order chi connectivity index (χ1) is 11.4. The third kappa shape index (κ3) is 2.65. The number of rotatable bonds is 4. The Balaban J connectivity index is 1.45. The molecule has 3 nitrogen and oxygen atoms in total. The molecule has 128 valence electrons. The third-order valence-electron chi connectivity index (χ3n) is 5.93. The van der Waals surface area contributed by atoms with Crippen molar-refractivity contribution in [3.8, 4) is 0 Å². The number of hydrogen-bond donors (Lipinski definition) is 0. The number of halogens is 2. The van der Waals surface area contributed by atoms with Crippen LogP contribution in [0.2, 0.25) is 0 Å². The first-order valence-corrected chi connectivity index (χ1v) is 8.91. The zero-order chi connectivity index (χ0) is 16.9. The lowest BCUT2D eigenvalue weighted by molar-refractivity contribution is -0.168. The van der Waals surface area contributed by atoms with Crippen molar-refractivity contribution in [1.82, 2.24) is 0 Å². The highest BCUT2D eigenvalue weighted by Gasteiger charge is 2.60. The number of carbonyl (C=O) groups is 2. The van der Waals surface area contributed by atoms with Gasteiger partial charge in [-0.25, -0.2) is 4.39 Å². The maximum atomic E-state index is 13.6. The summed E-state index contributed by atoms with van der Waals surface area (Å²) in [6.45, 7) is -0.411. The van der Waals surface area contributed by atoms with Crippen LogP contribution in [0, 0.1) is 23.1 Å². The molecule has 0 N–H and O–H groups in total. The van der Waals surface area contributed by atoms with Gasteiger partial charge in [0.15, 0.2) is 6.61 Å². The second-order valence-electron chi connectivity index (χ2n) is 7.87. The predicted molar refractivity (Wildman–Crippen MR) is 87.4 cm³/mol. The molecule has 4 fully saturated rings.